The van der Waals surface area contributed by atoms with Crippen molar-refractivity contribution in [3.63, 3.8) is 0 Å². The number of fused-ring (bicyclic) bond motifs is 1. The van der Waals surface area contributed by atoms with Crippen LogP contribution >= 0.6 is 0 Å². The van der Waals surface area contributed by atoms with E-state index in [0.717, 1.165) is 32.2 Å². The first-order chi connectivity index (χ1) is 8.19. The number of amides is 1. The molecule has 1 unspecified atom stereocenters. The molecule has 3 N–H and O–H groups in total. The standard InChI is InChI=1S/C14H18N2O/c15-14(7-8-14)13(17)16-9-11-6-5-10-3-1-2-4-12(10)11/h1-4,11H,5-9,15H2,(H,16,17). The number of benzene rings is 1. The molecule has 0 spiro atoms. The minimum Gasteiger partial charge on any atom is -0.354 e. The molecule has 0 saturated heterocycles. The summed E-state index contributed by atoms with van der Waals surface area (Å²) < 4.78 is 0. The van der Waals surface area contributed by atoms with Crippen LogP contribution in [0.1, 0.15) is 36.3 Å². The molecule has 0 aliphatic heterocycles. The predicted molar refractivity (Wildman–Crippen MR) is 66.7 cm³/mol. The highest BCUT2D eigenvalue weighted by molar-refractivity contribution is 5.89. The van der Waals surface area contributed by atoms with E-state index in [4.69, 9.17) is 5.73 Å². The van der Waals surface area contributed by atoms with Gasteiger partial charge in [0.15, 0.2) is 0 Å². The lowest BCUT2D eigenvalue weighted by Gasteiger charge is -2.15. The molecule has 1 fully saturated rings. The van der Waals surface area contributed by atoms with E-state index < -0.39 is 5.54 Å². The van der Waals surface area contributed by atoms with Crippen molar-refractivity contribution in [2.45, 2.75) is 37.1 Å². The molecular formula is C14H18N2O. The van der Waals surface area contributed by atoms with Gasteiger partial charge < -0.3 is 11.1 Å². The fourth-order valence-corrected chi connectivity index (χ4v) is 2.61. The summed E-state index contributed by atoms with van der Waals surface area (Å²) in [7, 11) is 0. The van der Waals surface area contributed by atoms with E-state index in [9.17, 15) is 4.79 Å². The Hall–Kier alpha value is -1.35. The molecule has 3 rings (SSSR count). The summed E-state index contributed by atoms with van der Waals surface area (Å²) in [6.45, 7) is 0.731. The van der Waals surface area contributed by atoms with Gasteiger partial charge in [0.05, 0.1) is 5.54 Å². The molecule has 17 heavy (non-hydrogen) atoms. The lowest BCUT2D eigenvalue weighted by Crippen LogP contribution is -2.43. The first kappa shape index (κ1) is 10.8. The van der Waals surface area contributed by atoms with Crippen LogP contribution in [0, 0.1) is 0 Å². The Morgan fingerprint density at radius 2 is 2.18 bits per heavy atom. The molecule has 1 saturated carbocycles. The monoisotopic (exact) mass is 230 g/mol. The van der Waals surface area contributed by atoms with Gasteiger partial charge in [0, 0.05) is 12.5 Å². The highest BCUT2D eigenvalue weighted by Crippen LogP contribution is 2.34. The molecule has 90 valence electrons. The largest absolute Gasteiger partial charge is 0.354 e. The van der Waals surface area contributed by atoms with Gasteiger partial charge in [-0.2, -0.15) is 0 Å². The van der Waals surface area contributed by atoms with E-state index in [0.29, 0.717) is 5.92 Å². The first-order valence-corrected chi connectivity index (χ1v) is 6.34. The van der Waals surface area contributed by atoms with Gasteiger partial charge in [0.1, 0.15) is 0 Å². The third-order valence-electron chi connectivity index (χ3n) is 4.01. The zero-order valence-electron chi connectivity index (χ0n) is 9.91. The van der Waals surface area contributed by atoms with Gasteiger partial charge in [0.2, 0.25) is 5.91 Å². The third-order valence-corrected chi connectivity index (χ3v) is 4.01. The molecule has 0 heterocycles. The highest BCUT2D eigenvalue weighted by atomic mass is 16.2. The Balaban J connectivity index is 1.62. The van der Waals surface area contributed by atoms with E-state index in [1.54, 1.807) is 0 Å². The van der Waals surface area contributed by atoms with Gasteiger partial charge in [-0.3, -0.25) is 4.79 Å². The van der Waals surface area contributed by atoms with Crippen molar-refractivity contribution < 1.29 is 4.79 Å². The SMILES string of the molecule is NC1(C(=O)NCC2CCc3ccccc32)CC1. The van der Waals surface area contributed by atoms with E-state index in [-0.39, 0.29) is 5.91 Å². The number of rotatable bonds is 3. The fraction of sp³-hybridized carbons (Fsp3) is 0.500. The molecule has 1 amide bonds. The maximum Gasteiger partial charge on any atom is 0.240 e. The Bertz CT molecular complexity index is 451. The van der Waals surface area contributed by atoms with Crippen molar-refractivity contribution in [2.75, 3.05) is 6.54 Å². The summed E-state index contributed by atoms with van der Waals surface area (Å²) in [5.74, 6) is 0.499. The van der Waals surface area contributed by atoms with Gasteiger partial charge in [-0.15, -0.1) is 0 Å². The van der Waals surface area contributed by atoms with E-state index in [1.165, 1.54) is 11.1 Å². The Kier molecular flexibility index (Phi) is 2.44. The molecule has 0 aromatic heterocycles. The molecule has 3 nitrogen and oxygen atoms in total. The topological polar surface area (TPSA) is 55.1 Å². The second-order valence-electron chi connectivity index (χ2n) is 5.30. The number of carbonyl (C=O) groups is 1. The smallest absolute Gasteiger partial charge is 0.240 e. The van der Waals surface area contributed by atoms with Crippen LogP contribution in [-0.4, -0.2) is 18.0 Å². The number of hydrogen-bond acceptors (Lipinski definition) is 2. The fourth-order valence-electron chi connectivity index (χ4n) is 2.61. The van der Waals surface area contributed by atoms with Crippen LogP contribution in [0.5, 0.6) is 0 Å². The van der Waals surface area contributed by atoms with E-state index in [2.05, 4.69) is 29.6 Å². The Morgan fingerprint density at radius 1 is 1.41 bits per heavy atom. The van der Waals surface area contributed by atoms with Crippen molar-refractivity contribution in [3.8, 4) is 0 Å². The Labute approximate surface area is 101 Å². The minimum absolute atomic E-state index is 0.0295. The van der Waals surface area contributed by atoms with E-state index in [1.807, 2.05) is 0 Å². The molecule has 0 radical (unpaired) electrons. The molecule has 2 aliphatic rings. The summed E-state index contributed by atoms with van der Waals surface area (Å²) >= 11 is 0. The van der Waals surface area contributed by atoms with Crippen molar-refractivity contribution >= 4 is 5.91 Å². The number of carbonyl (C=O) groups excluding carboxylic acids is 1. The van der Waals surface area contributed by atoms with E-state index >= 15 is 0 Å². The van der Waals surface area contributed by atoms with Gasteiger partial charge >= 0.3 is 0 Å². The normalized spacial score (nSPS) is 24.2. The van der Waals surface area contributed by atoms with Gasteiger partial charge in [0.25, 0.3) is 0 Å². The summed E-state index contributed by atoms with van der Waals surface area (Å²) in [6.07, 6.45) is 3.93. The van der Waals surface area contributed by atoms with Crippen LogP contribution in [-0.2, 0) is 11.2 Å². The lowest BCUT2D eigenvalue weighted by atomic mass is 10.0. The Morgan fingerprint density at radius 3 is 2.94 bits per heavy atom. The summed E-state index contributed by atoms with van der Waals surface area (Å²) in [6, 6.07) is 8.51. The second kappa shape index (κ2) is 3.84. The summed E-state index contributed by atoms with van der Waals surface area (Å²) in [5.41, 5.74) is 8.14. The van der Waals surface area contributed by atoms with Crippen LogP contribution in [0.15, 0.2) is 24.3 Å². The van der Waals surface area contributed by atoms with Crippen LogP contribution in [0.25, 0.3) is 0 Å². The zero-order chi connectivity index (χ0) is 11.9. The average Bonchev–Trinajstić information content (AvgIpc) is 2.97. The quantitative estimate of drug-likeness (QED) is 0.823. The van der Waals surface area contributed by atoms with Crippen molar-refractivity contribution in [1.82, 2.24) is 5.32 Å². The number of nitrogens with two attached hydrogens (primary N) is 1. The van der Waals surface area contributed by atoms with Gasteiger partial charge in [-0.25, -0.2) is 0 Å². The van der Waals surface area contributed by atoms with Crippen LogP contribution < -0.4 is 11.1 Å². The van der Waals surface area contributed by atoms with Crippen molar-refractivity contribution in [2.24, 2.45) is 5.73 Å². The predicted octanol–water partition coefficient (Wildman–Crippen LogP) is 1.32. The summed E-state index contributed by atoms with van der Waals surface area (Å²) in [4.78, 5) is 11.8. The minimum atomic E-state index is -0.544. The number of aryl methyl sites for hydroxylation is 1. The van der Waals surface area contributed by atoms with Crippen molar-refractivity contribution in [1.29, 1.82) is 0 Å². The highest BCUT2D eigenvalue weighted by Gasteiger charge is 2.45. The first-order valence-electron chi connectivity index (χ1n) is 6.34. The number of hydrogen-bond donors (Lipinski definition) is 2. The van der Waals surface area contributed by atoms with Gasteiger partial charge in [-0.1, -0.05) is 24.3 Å². The van der Waals surface area contributed by atoms with Crippen molar-refractivity contribution in [3.05, 3.63) is 35.4 Å². The molecule has 1 aromatic rings. The lowest BCUT2D eigenvalue weighted by molar-refractivity contribution is -0.123. The van der Waals surface area contributed by atoms with Crippen LogP contribution in [0.2, 0.25) is 0 Å². The molecular weight excluding hydrogens is 212 g/mol. The van der Waals surface area contributed by atoms with Crippen LogP contribution in [0.3, 0.4) is 0 Å². The molecule has 1 atom stereocenters. The average molecular weight is 230 g/mol. The molecule has 0 bridgehead atoms. The maximum absolute atomic E-state index is 11.8. The molecule has 3 heteroatoms. The van der Waals surface area contributed by atoms with Gasteiger partial charge in [-0.05, 0) is 36.8 Å². The summed E-state index contributed by atoms with van der Waals surface area (Å²) in [5, 5.41) is 3.00. The maximum atomic E-state index is 11.8. The molecule has 2 aliphatic carbocycles. The zero-order valence-corrected chi connectivity index (χ0v) is 9.91. The third kappa shape index (κ3) is 1.95. The van der Waals surface area contributed by atoms with Crippen LogP contribution in [0.4, 0.5) is 0 Å². The second-order valence-corrected chi connectivity index (χ2v) is 5.30. The molecule has 1 aromatic carbocycles. The number of nitrogens with one attached hydrogen (secondary N) is 1.